The average molecular weight is 418 g/mol. The summed E-state index contributed by atoms with van der Waals surface area (Å²) in [5, 5.41) is 6.01. The van der Waals surface area contributed by atoms with E-state index in [1.165, 1.54) is 0 Å². The number of hydrogen-bond donors (Lipinski definition) is 2. The van der Waals surface area contributed by atoms with E-state index in [-0.39, 0.29) is 17.9 Å². The van der Waals surface area contributed by atoms with Crippen LogP contribution in [0.5, 0.6) is 0 Å². The maximum absolute atomic E-state index is 12.6. The van der Waals surface area contributed by atoms with Gasteiger partial charge in [-0.1, -0.05) is 30.3 Å². The fourth-order valence-corrected chi connectivity index (χ4v) is 3.89. The average Bonchev–Trinajstić information content (AvgIpc) is 3.22. The molecule has 6 heteroatoms. The number of rotatable bonds is 6. The molecule has 0 bridgehead atoms. The fraction of sp³-hybridized carbons (Fsp3) is 0.280. The van der Waals surface area contributed by atoms with E-state index >= 15 is 0 Å². The maximum atomic E-state index is 12.6. The van der Waals surface area contributed by atoms with Crippen molar-refractivity contribution < 1.29 is 14.0 Å². The Morgan fingerprint density at radius 3 is 2.48 bits per heavy atom. The van der Waals surface area contributed by atoms with Crippen LogP contribution in [-0.4, -0.2) is 35.8 Å². The van der Waals surface area contributed by atoms with Gasteiger partial charge in [-0.05, 0) is 55.7 Å². The van der Waals surface area contributed by atoms with E-state index in [4.69, 9.17) is 4.42 Å². The Kier molecular flexibility index (Phi) is 6.48. The van der Waals surface area contributed by atoms with Crippen molar-refractivity contribution >= 4 is 17.5 Å². The fourth-order valence-electron chi connectivity index (χ4n) is 3.89. The van der Waals surface area contributed by atoms with Gasteiger partial charge in [-0.2, -0.15) is 0 Å². The summed E-state index contributed by atoms with van der Waals surface area (Å²) in [6.07, 6.45) is 3.32. The van der Waals surface area contributed by atoms with Gasteiger partial charge in [-0.25, -0.2) is 0 Å². The van der Waals surface area contributed by atoms with Crippen LogP contribution in [0.25, 0.3) is 0 Å². The summed E-state index contributed by atoms with van der Waals surface area (Å²) in [7, 11) is 0. The Labute approximate surface area is 182 Å². The van der Waals surface area contributed by atoms with Crippen molar-refractivity contribution in [1.82, 2.24) is 10.2 Å². The van der Waals surface area contributed by atoms with Crippen molar-refractivity contribution in [1.29, 1.82) is 0 Å². The lowest BCUT2D eigenvalue weighted by molar-refractivity contribution is 0.0880. The molecule has 3 aromatic rings. The predicted molar refractivity (Wildman–Crippen MR) is 120 cm³/mol. The van der Waals surface area contributed by atoms with Crippen molar-refractivity contribution in [2.24, 2.45) is 0 Å². The molecule has 6 nitrogen and oxygen atoms in total. The molecule has 160 valence electrons. The van der Waals surface area contributed by atoms with E-state index < -0.39 is 0 Å². The summed E-state index contributed by atoms with van der Waals surface area (Å²) < 4.78 is 5.28. The van der Waals surface area contributed by atoms with E-state index in [9.17, 15) is 9.59 Å². The molecule has 1 aliphatic rings. The summed E-state index contributed by atoms with van der Waals surface area (Å²) in [6, 6.07) is 19.2. The molecule has 0 atom stereocenters. The van der Waals surface area contributed by atoms with Crippen LogP contribution in [0.15, 0.2) is 71.3 Å². The number of likely N-dealkylation sites (tertiary alicyclic amines) is 1. The summed E-state index contributed by atoms with van der Waals surface area (Å²) in [6.45, 7) is 4.44. The van der Waals surface area contributed by atoms with Gasteiger partial charge in [0.15, 0.2) is 5.76 Å². The SMILES string of the molecule is Cc1ccoc1C(=O)NC1CCN(Cc2cccc(C(=O)Nc3ccccc3)c2)CC1. The summed E-state index contributed by atoms with van der Waals surface area (Å²) in [5.74, 6) is 0.147. The molecule has 2 amide bonds. The van der Waals surface area contributed by atoms with E-state index in [1.54, 1.807) is 12.3 Å². The van der Waals surface area contributed by atoms with Crippen molar-refractivity contribution in [3.63, 3.8) is 0 Å². The Bertz CT molecular complexity index is 1040. The van der Waals surface area contributed by atoms with Crippen molar-refractivity contribution in [2.75, 3.05) is 18.4 Å². The summed E-state index contributed by atoms with van der Waals surface area (Å²) >= 11 is 0. The number of hydrogen-bond acceptors (Lipinski definition) is 4. The smallest absolute Gasteiger partial charge is 0.287 e. The van der Waals surface area contributed by atoms with Gasteiger partial charge in [-0.15, -0.1) is 0 Å². The number of para-hydroxylation sites is 1. The zero-order valence-corrected chi connectivity index (χ0v) is 17.6. The Morgan fingerprint density at radius 1 is 1.00 bits per heavy atom. The largest absolute Gasteiger partial charge is 0.459 e. The third-order valence-corrected chi connectivity index (χ3v) is 5.62. The van der Waals surface area contributed by atoms with Crippen molar-refractivity contribution in [3.8, 4) is 0 Å². The molecular formula is C25H27N3O3. The number of benzene rings is 2. The number of nitrogens with one attached hydrogen (secondary N) is 2. The molecule has 31 heavy (non-hydrogen) atoms. The van der Waals surface area contributed by atoms with Crippen molar-refractivity contribution in [2.45, 2.75) is 32.4 Å². The highest BCUT2D eigenvalue weighted by Crippen LogP contribution is 2.17. The molecule has 0 radical (unpaired) electrons. The van der Waals surface area contributed by atoms with E-state index in [0.29, 0.717) is 11.3 Å². The third kappa shape index (κ3) is 5.41. The normalized spacial score (nSPS) is 14.9. The van der Waals surface area contributed by atoms with Gasteiger partial charge in [0.2, 0.25) is 0 Å². The molecule has 1 aliphatic heterocycles. The Hall–Kier alpha value is -3.38. The minimum absolute atomic E-state index is 0.109. The van der Waals surface area contributed by atoms with Crippen LogP contribution in [0.3, 0.4) is 0 Å². The molecule has 0 unspecified atom stereocenters. The quantitative estimate of drug-likeness (QED) is 0.629. The molecule has 0 saturated carbocycles. The topological polar surface area (TPSA) is 74.6 Å². The van der Waals surface area contributed by atoms with Gasteiger partial charge in [0.25, 0.3) is 11.8 Å². The first kappa shape index (κ1) is 20.9. The lowest BCUT2D eigenvalue weighted by Crippen LogP contribution is -2.44. The molecule has 2 aromatic carbocycles. The summed E-state index contributed by atoms with van der Waals surface area (Å²) in [4.78, 5) is 27.3. The van der Waals surface area contributed by atoms with E-state index in [1.807, 2.05) is 61.5 Å². The first-order valence-corrected chi connectivity index (χ1v) is 10.6. The first-order chi connectivity index (χ1) is 15.1. The van der Waals surface area contributed by atoms with Crippen LogP contribution in [0.2, 0.25) is 0 Å². The van der Waals surface area contributed by atoms with Crippen LogP contribution < -0.4 is 10.6 Å². The lowest BCUT2D eigenvalue weighted by atomic mass is 10.0. The standard InChI is InChI=1S/C25H27N3O3/c1-18-12-15-31-23(18)25(30)27-22-10-13-28(14-11-22)17-19-6-5-7-20(16-19)24(29)26-21-8-3-2-4-9-21/h2-9,12,15-16,22H,10-11,13-14,17H2,1H3,(H,26,29)(H,27,30). The predicted octanol–water partition coefficient (Wildman–Crippen LogP) is 4.23. The van der Waals surface area contributed by atoms with Gasteiger partial charge in [0, 0.05) is 42.5 Å². The molecule has 1 aromatic heterocycles. The Morgan fingerprint density at radius 2 is 1.77 bits per heavy atom. The monoisotopic (exact) mass is 417 g/mol. The number of piperidine rings is 1. The zero-order valence-electron chi connectivity index (χ0n) is 17.6. The Balaban J connectivity index is 1.28. The molecule has 1 fully saturated rings. The first-order valence-electron chi connectivity index (χ1n) is 10.6. The number of amides is 2. The number of aryl methyl sites for hydroxylation is 1. The molecule has 2 N–H and O–H groups in total. The van der Waals surface area contributed by atoms with Crippen molar-refractivity contribution in [3.05, 3.63) is 89.4 Å². The van der Waals surface area contributed by atoms with Gasteiger partial charge in [0.05, 0.1) is 6.26 Å². The second-order valence-corrected chi connectivity index (χ2v) is 7.98. The number of carbonyl (C=O) groups excluding carboxylic acids is 2. The highest BCUT2D eigenvalue weighted by Gasteiger charge is 2.23. The second-order valence-electron chi connectivity index (χ2n) is 7.98. The minimum Gasteiger partial charge on any atom is -0.459 e. The molecule has 1 saturated heterocycles. The van der Waals surface area contributed by atoms with E-state index in [0.717, 1.165) is 49.3 Å². The van der Waals surface area contributed by atoms with Crippen LogP contribution in [0, 0.1) is 6.92 Å². The maximum Gasteiger partial charge on any atom is 0.287 e. The third-order valence-electron chi connectivity index (χ3n) is 5.62. The van der Waals surface area contributed by atoms with Crippen LogP contribution in [-0.2, 0) is 6.54 Å². The molecule has 2 heterocycles. The number of nitrogens with zero attached hydrogens (tertiary/aromatic N) is 1. The van der Waals surface area contributed by atoms with Gasteiger partial charge in [0.1, 0.15) is 0 Å². The van der Waals surface area contributed by atoms with Gasteiger partial charge in [-0.3, -0.25) is 14.5 Å². The van der Waals surface area contributed by atoms with Gasteiger partial charge >= 0.3 is 0 Å². The number of anilines is 1. The molecular weight excluding hydrogens is 390 g/mol. The van der Waals surface area contributed by atoms with E-state index in [2.05, 4.69) is 15.5 Å². The second kappa shape index (κ2) is 9.62. The summed E-state index contributed by atoms with van der Waals surface area (Å²) in [5.41, 5.74) is 3.39. The van der Waals surface area contributed by atoms with Crippen LogP contribution in [0.1, 0.15) is 44.9 Å². The van der Waals surface area contributed by atoms with Crippen LogP contribution >= 0.6 is 0 Å². The van der Waals surface area contributed by atoms with Crippen LogP contribution in [0.4, 0.5) is 5.69 Å². The lowest BCUT2D eigenvalue weighted by Gasteiger charge is -2.32. The van der Waals surface area contributed by atoms with Gasteiger partial charge < -0.3 is 15.1 Å². The molecule has 0 spiro atoms. The molecule has 0 aliphatic carbocycles. The minimum atomic E-state index is -0.141. The highest BCUT2D eigenvalue weighted by atomic mass is 16.3. The molecule has 4 rings (SSSR count). The zero-order chi connectivity index (χ0) is 21.6. The number of carbonyl (C=O) groups is 2. The number of furan rings is 1. The highest BCUT2D eigenvalue weighted by molar-refractivity contribution is 6.04.